The maximum Gasteiger partial charge on any atom is 0.233 e. The first kappa shape index (κ1) is 17.2. The van der Waals surface area contributed by atoms with Gasteiger partial charge in [-0.3, -0.25) is 9.59 Å². The van der Waals surface area contributed by atoms with Crippen molar-refractivity contribution in [2.75, 3.05) is 5.32 Å². The Labute approximate surface area is 141 Å². The van der Waals surface area contributed by atoms with E-state index in [1.54, 1.807) is 12.1 Å². The summed E-state index contributed by atoms with van der Waals surface area (Å²) in [5.41, 5.74) is 0.998. The van der Waals surface area contributed by atoms with Gasteiger partial charge in [-0.25, -0.2) is 9.37 Å². The molecule has 2 rings (SSSR count). The van der Waals surface area contributed by atoms with Gasteiger partial charge in [-0.15, -0.1) is 0 Å². The Bertz CT molecular complexity index is 723. The summed E-state index contributed by atoms with van der Waals surface area (Å²) in [4.78, 5) is 27.3. The molecule has 2 amide bonds. The highest BCUT2D eigenvalue weighted by Crippen LogP contribution is 2.21. The van der Waals surface area contributed by atoms with E-state index in [2.05, 4.69) is 15.6 Å². The van der Waals surface area contributed by atoms with Crippen LogP contribution < -0.4 is 10.6 Å². The molecule has 0 atom stereocenters. The van der Waals surface area contributed by atoms with Gasteiger partial charge in [-0.2, -0.15) is 0 Å². The number of carbonyl (C=O) groups is 2. The normalized spacial score (nSPS) is 10.2. The maximum absolute atomic E-state index is 12.8. The second-order valence-corrected chi connectivity index (χ2v) is 5.35. The number of nitrogens with zero attached hydrogens (tertiary/aromatic N) is 1. The monoisotopic (exact) mass is 355 g/mol. The minimum absolute atomic E-state index is 0.0394. The van der Waals surface area contributed by atoms with Gasteiger partial charge in [0.2, 0.25) is 11.8 Å². The van der Waals surface area contributed by atoms with Crippen molar-refractivity contribution >= 4 is 40.7 Å². The molecule has 0 saturated carbocycles. The summed E-state index contributed by atoms with van der Waals surface area (Å²) in [6, 6.07) is 8.65. The third-order valence-electron chi connectivity index (χ3n) is 2.81. The standard InChI is InChI=1S/C15H12Cl2FN3O2/c16-12-6-5-11(15(17)21-12)20-14(23)7-13(22)19-8-9-1-3-10(18)4-2-9/h1-6H,7-8H2,(H,19,22)(H,20,23). The van der Waals surface area contributed by atoms with Gasteiger partial charge < -0.3 is 10.6 Å². The topological polar surface area (TPSA) is 71.1 Å². The number of amides is 2. The minimum Gasteiger partial charge on any atom is -0.352 e. The van der Waals surface area contributed by atoms with Gasteiger partial charge in [0.05, 0.1) is 5.69 Å². The lowest BCUT2D eigenvalue weighted by Crippen LogP contribution is -2.27. The van der Waals surface area contributed by atoms with Crippen molar-refractivity contribution in [3.63, 3.8) is 0 Å². The van der Waals surface area contributed by atoms with Crippen LogP contribution in [0.5, 0.6) is 0 Å². The van der Waals surface area contributed by atoms with Gasteiger partial charge in [-0.05, 0) is 29.8 Å². The summed E-state index contributed by atoms with van der Waals surface area (Å²) in [7, 11) is 0. The Morgan fingerprint density at radius 2 is 1.74 bits per heavy atom. The molecule has 23 heavy (non-hydrogen) atoms. The van der Waals surface area contributed by atoms with Crippen molar-refractivity contribution < 1.29 is 14.0 Å². The van der Waals surface area contributed by atoms with E-state index in [4.69, 9.17) is 23.2 Å². The minimum atomic E-state index is -0.535. The fraction of sp³-hybridized carbons (Fsp3) is 0.133. The third kappa shape index (κ3) is 5.50. The Morgan fingerprint density at radius 3 is 2.39 bits per heavy atom. The van der Waals surface area contributed by atoms with E-state index in [9.17, 15) is 14.0 Å². The Balaban J connectivity index is 1.82. The number of carbonyl (C=O) groups excluding carboxylic acids is 2. The molecule has 1 aromatic heterocycles. The first-order valence-electron chi connectivity index (χ1n) is 6.57. The molecule has 0 unspecified atom stereocenters. The molecular formula is C15H12Cl2FN3O2. The molecule has 1 heterocycles. The molecule has 0 saturated heterocycles. The number of halogens is 3. The molecular weight excluding hydrogens is 344 g/mol. The Kier molecular flexibility index (Phi) is 5.90. The number of pyridine rings is 1. The van der Waals surface area contributed by atoms with Gasteiger partial charge in [0, 0.05) is 6.54 Å². The zero-order valence-electron chi connectivity index (χ0n) is 11.8. The predicted octanol–water partition coefficient (Wildman–Crippen LogP) is 3.17. The van der Waals surface area contributed by atoms with Crippen molar-refractivity contribution in [1.29, 1.82) is 0 Å². The number of nitrogens with one attached hydrogen (secondary N) is 2. The molecule has 120 valence electrons. The fourth-order valence-corrected chi connectivity index (χ4v) is 2.10. The van der Waals surface area contributed by atoms with E-state index in [0.717, 1.165) is 5.56 Å². The van der Waals surface area contributed by atoms with Crippen LogP contribution in [-0.2, 0) is 16.1 Å². The van der Waals surface area contributed by atoms with Crippen molar-refractivity contribution in [1.82, 2.24) is 10.3 Å². The molecule has 0 aliphatic carbocycles. The number of benzene rings is 1. The van der Waals surface area contributed by atoms with Gasteiger partial charge >= 0.3 is 0 Å². The van der Waals surface area contributed by atoms with Crippen LogP contribution in [0.2, 0.25) is 10.3 Å². The second kappa shape index (κ2) is 7.89. The van der Waals surface area contributed by atoms with Crippen molar-refractivity contribution in [2.45, 2.75) is 13.0 Å². The molecule has 0 fully saturated rings. The van der Waals surface area contributed by atoms with Crippen molar-refractivity contribution in [3.05, 3.63) is 58.1 Å². The summed E-state index contributed by atoms with van der Waals surface area (Å²) in [5.74, 6) is -1.36. The van der Waals surface area contributed by atoms with Crippen LogP contribution in [0.3, 0.4) is 0 Å². The van der Waals surface area contributed by atoms with E-state index in [-0.39, 0.29) is 34.8 Å². The van der Waals surface area contributed by atoms with Crippen molar-refractivity contribution in [3.8, 4) is 0 Å². The van der Waals surface area contributed by atoms with Crippen LogP contribution in [0.4, 0.5) is 10.1 Å². The van der Waals surface area contributed by atoms with Gasteiger partial charge in [-0.1, -0.05) is 35.3 Å². The van der Waals surface area contributed by atoms with Gasteiger partial charge in [0.25, 0.3) is 0 Å². The summed E-state index contributed by atoms with van der Waals surface area (Å²) < 4.78 is 12.8. The molecule has 0 bridgehead atoms. The predicted molar refractivity (Wildman–Crippen MR) is 85.8 cm³/mol. The number of aromatic nitrogens is 1. The second-order valence-electron chi connectivity index (χ2n) is 4.60. The Hall–Kier alpha value is -2.18. The quantitative estimate of drug-likeness (QED) is 0.639. The fourth-order valence-electron chi connectivity index (χ4n) is 1.71. The van der Waals surface area contributed by atoms with Crippen molar-refractivity contribution in [2.24, 2.45) is 0 Å². The van der Waals surface area contributed by atoms with Crippen LogP contribution in [-0.4, -0.2) is 16.8 Å². The Morgan fingerprint density at radius 1 is 1.04 bits per heavy atom. The van der Waals surface area contributed by atoms with E-state index >= 15 is 0 Å². The SMILES string of the molecule is O=C(CC(=O)Nc1ccc(Cl)nc1Cl)NCc1ccc(F)cc1. The maximum atomic E-state index is 12.8. The van der Waals surface area contributed by atoms with Crippen LogP contribution in [0.15, 0.2) is 36.4 Å². The third-order valence-corrected chi connectivity index (χ3v) is 3.31. The molecule has 0 spiro atoms. The molecule has 0 radical (unpaired) electrons. The molecule has 5 nitrogen and oxygen atoms in total. The lowest BCUT2D eigenvalue weighted by atomic mass is 10.2. The lowest BCUT2D eigenvalue weighted by molar-refractivity contribution is -0.126. The molecule has 0 aliphatic heterocycles. The van der Waals surface area contributed by atoms with E-state index < -0.39 is 11.8 Å². The van der Waals surface area contributed by atoms with Gasteiger partial charge in [0.1, 0.15) is 17.4 Å². The average Bonchev–Trinajstić information content (AvgIpc) is 2.49. The van der Waals surface area contributed by atoms with E-state index in [1.165, 1.54) is 24.3 Å². The summed E-state index contributed by atoms with van der Waals surface area (Å²) in [6.45, 7) is 0.204. The first-order chi connectivity index (χ1) is 10.9. The molecule has 8 heteroatoms. The lowest BCUT2D eigenvalue weighted by Gasteiger charge is -2.08. The number of hydrogen-bond donors (Lipinski definition) is 2. The highest BCUT2D eigenvalue weighted by atomic mass is 35.5. The van der Waals surface area contributed by atoms with Crippen LogP contribution >= 0.6 is 23.2 Å². The van der Waals surface area contributed by atoms with Crippen LogP contribution in [0.25, 0.3) is 0 Å². The zero-order valence-corrected chi connectivity index (χ0v) is 13.3. The first-order valence-corrected chi connectivity index (χ1v) is 7.32. The van der Waals surface area contributed by atoms with Crippen LogP contribution in [0, 0.1) is 5.82 Å². The van der Waals surface area contributed by atoms with E-state index in [0.29, 0.717) is 0 Å². The van der Waals surface area contributed by atoms with Crippen LogP contribution in [0.1, 0.15) is 12.0 Å². The average molecular weight is 356 g/mol. The molecule has 2 N–H and O–H groups in total. The molecule has 0 aliphatic rings. The highest BCUT2D eigenvalue weighted by molar-refractivity contribution is 6.34. The zero-order chi connectivity index (χ0) is 16.8. The number of hydrogen-bond acceptors (Lipinski definition) is 3. The van der Waals surface area contributed by atoms with Gasteiger partial charge in [0.15, 0.2) is 5.15 Å². The molecule has 2 aromatic rings. The summed E-state index contributed by atoms with van der Waals surface area (Å²) in [5, 5.41) is 5.28. The highest BCUT2D eigenvalue weighted by Gasteiger charge is 2.12. The summed E-state index contributed by atoms with van der Waals surface area (Å²) in [6.07, 6.45) is -0.375. The van der Waals surface area contributed by atoms with E-state index in [1.807, 2.05) is 0 Å². The number of rotatable bonds is 5. The smallest absolute Gasteiger partial charge is 0.233 e. The number of anilines is 1. The summed E-state index contributed by atoms with van der Waals surface area (Å²) >= 11 is 11.5. The largest absolute Gasteiger partial charge is 0.352 e. The molecule has 1 aromatic carbocycles.